The number of ether oxygens (including phenoxy) is 3. The molecule has 3 amide bonds. The smallest absolute Gasteiger partial charge is 0.488 e. The van der Waals surface area contributed by atoms with Gasteiger partial charge in [0.1, 0.15) is 36.8 Å². The molecular weight excluding hydrogens is 527 g/mol. The van der Waals surface area contributed by atoms with E-state index >= 15 is 0 Å². The van der Waals surface area contributed by atoms with Gasteiger partial charge in [0, 0.05) is 12.6 Å². The molecule has 0 aromatic heterocycles. The van der Waals surface area contributed by atoms with Crippen LogP contribution in [0, 0.1) is 11.7 Å². The molecule has 0 saturated carbocycles. The molecule has 5 N–H and O–H groups in total. The van der Waals surface area contributed by atoms with E-state index in [-0.39, 0.29) is 44.7 Å². The van der Waals surface area contributed by atoms with Crippen LogP contribution in [0.25, 0.3) is 0 Å². The number of primary amides is 1. The molecule has 1 unspecified atom stereocenters. The van der Waals surface area contributed by atoms with Gasteiger partial charge in [0.05, 0.1) is 25.2 Å². The zero-order valence-corrected chi connectivity index (χ0v) is 20.6. The first-order valence-corrected chi connectivity index (χ1v) is 11.2. The molecule has 11 nitrogen and oxygen atoms in total. The number of fused-ring (bicyclic) bond motifs is 1. The van der Waals surface area contributed by atoms with Crippen molar-refractivity contribution in [1.82, 2.24) is 5.32 Å². The van der Waals surface area contributed by atoms with Crippen molar-refractivity contribution in [2.24, 2.45) is 17.4 Å². The summed E-state index contributed by atoms with van der Waals surface area (Å²) in [6.45, 7) is 1.56. The largest absolute Gasteiger partial charge is 0.508 e. The standard InChI is InChI=1S/C15H19FN2O5.C7H10F4N2O2/c1-10-8-14(19)18(5-7-22-15(20)21-6-4-17)12-9-11(16)2-3-13(12)23-10;1-3(4(12)14)5(15)13-2-7(10,11)6(8)9/h2-3,9-10H,4-8,17H2,1H3;3,6H,2H2,1H3,(H2,12,14)(H,13,15)/t10-;/m1./s1. The summed E-state index contributed by atoms with van der Waals surface area (Å²) in [5.74, 6) is -8.08. The molecule has 2 rings (SSSR count). The molecule has 1 aromatic rings. The fourth-order valence-electron chi connectivity index (χ4n) is 2.76. The number of benzene rings is 1. The number of nitrogens with two attached hydrogens (primary N) is 2. The van der Waals surface area contributed by atoms with E-state index in [9.17, 15) is 41.1 Å². The second-order valence-corrected chi connectivity index (χ2v) is 7.93. The average molecular weight is 556 g/mol. The van der Waals surface area contributed by atoms with Gasteiger partial charge in [0.15, 0.2) is 0 Å². The van der Waals surface area contributed by atoms with Gasteiger partial charge in [0.2, 0.25) is 17.7 Å². The Labute approximate surface area is 214 Å². The van der Waals surface area contributed by atoms with Crippen molar-refractivity contribution in [2.45, 2.75) is 38.7 Å². The Balaban J connectivity index is 0.000000420. The number of carbonyl (C=O) groups excluding carboxylic acids is 4. The first-order valence-electron chi connectivity index (χ1n) is 11.2. The van der Waals surface area contributed by atoms with Crippen molar-refractivity contribution in [3.05, 3.63) is 24.0 Å². The third-order valence-corrected chi connectivity index (χ3v) is 4.81. The summed E-state index contributed by atoms with van der Waals surface area (Å²) < 4.78 is 76.5. The van der Waals surface area contributed by atoms with Crippen LogP contribution in [-0.4, -0.2) is 75.2 Å². The molecule has 1 aliphatic heterocycles. The molecule has 0 fully saturated rings. The second kappa shape index (κ2) is 14.9. The highest BCUT2D eigenvalue weighted by Crippen LogP contribution is 2.33. The molecule has 38 heavy (non-hydrogen) atoms. The lowest BCUT2D eigenvalue weighted by molar-refractivity contribution is -0.141. The highest BCUT2D eigenvalue weighted by molar-refractivity contribution is 5.99. The Hall–Kier alpha value is -3.69. The molecule has 1 heterocycles. The summed E-state index contributed by atoms with van der Waals surface area (Å²) in [6.07, 6.45) is -4.91. The van der Waals surface area contributed by atoms with Gasteiger partial charge in [-0.25, -0.2) is 18.0 Å². The van der Waals surface area contributed by atoms with Crippen LogP contribution in [-0.2, 0) is 23.9 Å². The topological polar surface area (TPSA) is 163 Å². The quantitative estimate of drug-likeness (QED) is 0.222. The van der Waals surface area contributed by atoms with Crippen molar-refractivity contribution < 1.29 is 55.3 Å². The predicted octanol–water partition coefficient (Wildman–Crippen LogP) is 1.57. The van der Waals surface area contributed by atoms with Gasteiger partial charge in [-0.3, -0.25) is 14.4 Å². The van der Waals surface area contributed by atoms with Crippen molar-refractivity contribution in [3.63, 3.8) is 0 Å². The molecule has 1 aromatic carbocycles. The molecule has 1 aliphatic rings. The van der Waals surface area contributed by atoms with Crippen LogP contribution in [0.4, 0.5) is 32.4 Å². The minimum absolute atomic E-state index is 0.0564. The molecule has 214 valence electrons. The summed E-state index contributed by atoms with van der Waals surface area (Å²) in [6, 6.07) is 3.96. The number of halogens is 5. The zero-order valence-electron chi connectivity index (χ0n) is 20.6. The Morgan fingerprint density at radius 1 is 1.24 bits per heavy atom. The van der Waals surface area contributed by atoms with Gasteiger partial charge in [-0.15, -0.1) is 0 Å². The van der Waals surface area contributed by atoms with Gasteiger partial charge in [0.25, 0.3) is 0 Å². The third-order valence-electron chi connectivity index (χ3n) is 4.81. The van der Waals surface area contributed by atoms with E-state index in [0.29, 0.717) is 11.4 Å². The highest BCUT2D eigenvalue weighted by atomic mass is 19.3. The number of alkyl halides is 4. The number of nitrogens with zero attached hydrogens (tertiary/aromatic N) is 1. The SMILES string of the molecule is CC(C(N)=O)C(=O)NCC(F)(F)C(F)F.C[C@@H]1CC(=O)N(CCOC(=O)OCCN)c2cc(F)ccc2O1. The molecule has 0 radical (unpaired) electrons. The summed E-state index contributed by atoms with van der Waals surface area (Å²) in [5.41, 5.74) is 10.2. The Kier molecular flexibility index (Phi) is 12.7. The Morgan fingerprint density at radius 3 is 2.45 bits per heavy atom. The lowest BCUT2D eigenvalue weighted by atomic mass is 10.1. The minimum Gasteiger partial charge on any atom is -0.488 e. The minimum atomic E-state index is -4.31. The van der Waals surface area contributed by atoms with Gasteiger partial charge in [-0.2, -0.15) is 8.78 Å². The van der Waals surface area contributed by atoms with E-state index in [2.05, 4.69) is 4.74 Å². The molecular formula is C22H29F5N4O7. The maximum Gasteiger partial charge on any atom is 0.508 e. The van der Waals surface area contributed by atoms with Crippen molar-refractivity contribution in [1.29, 1.82) is 0 Å². The van der Waals surface area contributed by atoms with E-state index in [4.69, 9.17) is 20.9 Å². The maximum atomic E-state index is 13.5. The number of rotatable bonds is 10. The highest BCUT2D eigenvalue weighted by Gasteiger charge is 2.41. The molecule has 0 spiro atoms. The monoisotopic (exact) mass is 556 g/mol. The summed E-state index contributed by atoms with van der Waals surface area (Å²) in [5, 5.41) is 1.52. The van der Waals surface area contributed by atoms with Crippen molar-refractivity contribution >= 4 is 29.6 Å². The Morgan fingerprint density at radius 2 is 1.87 bits per heavy atom. The van der Waals surface area contributed by atoms with E-state index in [1.54, 1.807) is 6.92 Å². The molecule has 0 bridgehead atoms. The summed E-state index contributed by atoms with van der Waals surface area (Å²) in [7, 11) is 0. The second-order valence-electron chi connectivity index (χ2n) is 7.93. The summed E-state index contributed by atoms with van der Waals surface area (Å²) >= 11 is 0. The Bertz CT molecular complexity index is 983. The van der Waals surface area contributed by atoms with Crippen LogP contribution in [0.15, 0.2) is 18.2 Å². The number of amides is 3. The fraction of sp³-hybridized carbons (Fsp3) is 0.545. The van der Waals surface area contributed by atoms with Crippen LogP contribution >= 0.6 is 0 Å². The zero-order chi connectivity index (χ0) is 29.0. The van der Waals surface area contributed by atoms with Crippen LogP contribution < -0.4 is 26.4 Å². The lowest BCUT2D eigenvalue weighted by Crippen LogP contribution is -2.45. The van der Waals surface area contributed by atoms with E-state index in [1.807, 2.05) is 0 Å². The molecule has 2 atom stereocenters. The fourth-order valence-corrected chi connectivity index (χ4v) is 2.76. The van der Waals surface area contributed by atoms with Gasteiger partial charge in [-0.05, 0) is 26.0 Å². The number of nitrogens with one attached hydrogen (secondary N) is 1. The van der Waals surface area contributed by atoms with Crippen molar-refractivity contribution in [2.75, 3.05) is 37.7 Å². The van der Waals surface area contributed by atoms with Crippen LogP contribution in [0.1, 0.15) is 20.3 Å². The average Bonchev–Trinajstić information content (AvgIpc) is 2.95. The van der Waals surface area contributed by atoms with Gasteiger partial charge < -0.3 is 35.9 Å². The van der Waals surface area contributed by atoms with Gasteiger partial charge in [-0.1, -0.05) is 0 Å². The van der Waals surface area contributed by atoms with Crippen LogP contribution in [0.3, 0.4) is 0 Å². The lowest BCUT2D eigenvalue weighted by Gasteiger charge is -2.21. The number of anilines is 1. The van der Waals surface area contributed by atoms with Crippen LogP contribution in [0.2, 0.25) is 0 Å². The normalized spacial score (nSPS) is 15.8. The summed E-state index contributed by atoms with van der Waals surface area (Å²) in [4.78, 5) is 46.2. The van der Waals surface area contributed by atoms with E-state index in [0.717, 1.165) is 6.92 Å². The third kappa shape index (κ3) is 10.4. The van der Waals surface area contributed by atoms with Crippen LogP contribution in [0.5, 0.6) is 5.75 Å². The van der Waals surface area contributed by atoms with E-state index in [1.165, 1.54) is 28.4 Å². The number of carbonyl (C=O) groups is 4. The first kappa shape index (κ1) is 32.3. The van der Waals surface area contributed by atoms with Crippen molar-refractivity contribution in [3.8, 4) is 5.75 Å². The molecule has 0 saturated heterocycles. The van der Waals surface area contributed by atoms with E-state index < -0.39 is 48.6 Å². The molecule has 16 heteroatoms. The number of hydrogen-bond donors (Lipinski definition) is 3. The predicted molar refractivity (Wildman–Crippen MR) is 122 cm³/mol. The first-order chi connectivity index (χ1) is 17.7. The van der Waals surface area contributed by atoms with Gasteiger partial charge >= 0.3 is 18.5 Å². The maximum absolute atomic E-state index is 13.5. The molecule has 0 aliphatic carbocycles. The number of hydrogen-bond acceptors (Lipinski definition) is 8.